The van der Waals surface area contributed by atoms with Gasteiger partial charge in [0, 0.05) is 5.69 Å². The number of rotatable bonds is 5. The Morgan fingerprint density at radius 1 is 1.00 bits per heavy atom. The van der Waals surface area contributed by atoms with Gasteiger partial charge in [-0.2, -0.15) is 0 Å². The fourth-order valence-electron chi connectivity index (χ4n) is 2.83. The zero-order valence-corrected chi connectivity index (χ0v) is 15.4. The standard InChI is InChI=1S/C21H27NO2/c1-13(2)19-9-7-8-16(5)20(19)22-21(23)17(6)24-18-11-14(3)10-15(4)12-18/h7-13,17H,1-6H3,(H,22,23). The maximum atomic E-state index is 12.6. The average molecular weight is 325 g/mol. The van der Waals surface area contributed by atoms with Crippen LogP contribution < -0.4 is 10.1 Å². The van der Waals surface area contributed by atoms with Crippen LogP contribution in [0.4, 0.5) is 5.69 Å². The fraction of sp³-hybridized carbons (Fsp3) is 0.381. The van der Waals surface area contributed by atoms with Gasteiger partial charge < -0.3 is 10.1 Å². The Morgan fingerprint density at radius 2 is 1.62 bits per heavy atom. The van der Waals surface area contributed by atoms with Gasteiger partial charge in [-0.25, -0.2) is 0 Å². The Balaban J connectivity index is 2.15. The zero-order valence-electron chi connectivity index (χ0n) is 15.4. The molecule has 24 heavy (non-hydrogen) atoms. The molecule has 0 saturated carbocycles. The van der Waals surface area contributed by atoms with Crippen LogP contribution in [0.15, 0.2) is 36.4 Å². The predicted molar refractivity (Wildman–Crippen MR) is 99.9 cm³/mol. The lowest BCUT2D eigenvalue weighted by Crippen LogP contribution is -2.31. The number of benzene rings is 2. The summed E-state index contributed by atoms with van der Waals surface area (Å²) in [4.78, 5) is 12.6. The van der Waals surface area contributed by atoms with Crippen LogP contribution in [0, 0.1) is 20.8 Å². The summed E-state index contributed by atoms with van der Waals surface area (Å²) in [5.41, 5.74) is 5.35. The third-order valence-electron chi connectivity index (χ3n) is 4.05. The molecule has 3 heteroatoms. The number of hydrogen-bond acceptors (Lipinski definition) is 2. The van der Waals surface area contributed by atoms with Crippen LogP contribution in [-0.2, 0) is 4.79 Å². The molecule has 1 amide bonds. The second-order valence-electron chi connectivity index (χ2n) is 6.77. The minimum Gasteiger partial charge on any atom is -0.481 e. The number of carbonyl (C=O) groups excluding carboxylic acids is 1. The van der Waals surface area contributed by atoms with Crippen molar-refractivity contribution >= 4 is 11.6 Å². The van der Waals surface area contributed by atoms with E-state index in [0.717, 1.165) is 33.7 Å². The van der Waals surface area contributed by atoms with Crippen molar-refractivity contribution in [2.75, 3.05) is 5.32 Å². The van der Waals surface area contributed by atoms with Crippen LogP contribution in [0.5, 0.6) is 5.75 Å². The Kier molecular flexibility index (Phi) is 5.66. The van der Waals surface area contributed by atoms with Crippen molar-refractivity contribution in [2.45, 2.75) is 53.6 Å². The van der Waals surface area contributed by atoms with E-state index in [0.29, 0.717) is 5.92 Å². The molecule has 0 aliphatic heterocycles. The highest BCUT2D eigenvalue weighted by Crippen LogP contribution is 2.27. The molecular weight excluding hydrogens is 298 g/mol. The van der Waals surface area contributed by atoms with Gasteiger partial charge in [0.25, 0.3) is 5.91 Å². The van der Waals surface area contributed by atoms with Crippen molar-refractivity contribution in [3.05, 3.63) is 58.7 Å². The summed E-state index contributed by atoms with van der Waals surface area (Å²) < 4.78 is 5.84. The monoisotopic (exact) mass is 325 g/mol. The van der Waals surface area contributed by atoms with Gasteiger partial charge in [-0.3, -0.25) is 4.79 Å². The van der Waals surface area contributed by atoms with Crippen LogP contribution in [0.25, 0.3) is 0 Å². The van der Waals surface area contributed by atoms with Gasteiger partial charge in [0.05, 0.1) is 0 Å². The Bertz CT molecular complexity index is 714. The van der Waals surface area contributed by atoms with E-state index in [2.05, 4.69) is 31.3 Å². The fourth-order valence-corrected chi connectivity index (χ4v) is 2.83. The third-order valence-corrected chi connectivity index (χ3v) is 4.05. The van der Waals surface area contributed by atoms with Crippen LogP contribution in [0.1, 0.15) is 48.9 Å². The maximum Gasteiger partial charge on any atom is 0.265 e. The number of anilines is 1. The summed E-state index contributed by atoms with van der Waals surface area (Å²) in [6, 6.07) is 12.1. The minimum atomic E-state index is -0.564. The number of amides is 1. The molecule has 0 bridgehead atoms. The molecule has 0 radical (unpaired) electrons. The second kappa shape index (κ2) is 7.52. The average Bonchev–Trinajstić information content (AvgIpc) is 2.47. The molecule has 0 spiro atoms. The minimum absolute atomic E-state index is 0.134. The van der Waals surface area contributed by atoms with Crippen LogP contribution in [0.3, 0.4) is 0 Å². The Morgan fingerprint density at radius 3 is 2.21 bits per heavy atom. The smallest absolute Gasteiger partial charge is 0.265 e. The Hall–Kier alpha value is -2.29. The summed E-state index contributed by atoms with van der Waals surface area (Å²) in [6.45, 7) is 12.1. The Labute approximate surface area is 145 Å². The summed E-state index contributed by atoms with van der Waals surface area (Å²) >= 11 is 0. The number of hydrogen-bond donors (Lipinski definition) is 1. The van der Waals surface area contributed by atoms with Crippen molar-refractivity contribution in [3.63, 3.8) is 0 Å². The molecule has 1 atom stereocenters. The van der Waals surface area contributed by atoms with Crippen molar-refractivity contribution in [3.8, 4) is 5.75 Å². The van der Waals surface area contributed by atoms with E-state index in [9.17, 15) is 4.79 Å². The number of para-hydroxylation sites is 1. The molecule has 0 saturated heterocycles. The molecule has 0 aromatic heterocycles. The molecule has 2 aromatic carbocycles. The molecule has 1 N–H and O–H groups in total. The van der Waals surface area contributed by atoms with E-state index >= 15 is 0 Å². The topological polar surface area (TPSA) is 38.3 Å². The zero-order chi connectivity index (χ0) is 17.9. The summed E-state index contributed by atoms with van der Waals surface area (Å²) in [5, 5.41) is 3.05. The highest BCUT2D eigenvalue weighted by Gasteiger charge is 2.18. The van der Waals surface area contributed by atoms with E-state index in [1.165, 1.54) is 0 Å². The van der Waals surface area contributed by atoms with Gasteiger partial charge in [0.2, 0.25) is 0 Å². The van der Waals surface area contributed by atoms with E-state index in [1.54, 1.807) is 6.92 Å². The lowest BCUT2D eigenvalue weighted by Gasteiger charge is -2.20. The van der Waals surface area contributed by atoms with Crippen molar-refractivity contribution in [2.24, 2.45) is 0 Å². The van der Waals surface area contributed by atoms with Crippen molar-refractivity contribution in [1.29, 1.82) is 0 Å². The van der Waals surface area contributed by atoms with E-state index < -0.39 is 6.10 Å². The largest absolute Gasteiger partial charge is 0.481 e. The molecule has 3 nitrogen and oxygen atoms in total. The van der Waals surface area contributed by atoms with E-state index in [-0.39, 0.29) is 5.91 Å². The highest BCUT2D eigenvalue weighted by molar-refractivity contribution is 5.95. The first-order valence-corrected chi connectivity index (χ1v) is 8.43. The summed E-state index contributed by atoms with van der Waals surface area (Å²) in [7, 11) is 0. The van der Waals surface area contributed by atoms with Gasteiger partial charge in [0.1, 0.15) is 5.75 Å². The normalized spacial score (nSPS) is 12.1. The first-order valence-electron chi connectivity index (χ1n) is 8.43. The first-order chi connectivity index (χ1) is 11.3. The molecule has 0 fully saturated rings. The number of ether oxygens (including phenoxy) is 1. The molecule has 0 heterocycles. The summed E-state index contributed by atoms with van der Waals surface area (Å²) in [5.74, 6) is 0.935. The SMILES string of the molecule is Cc1cc(C)cc(OC(C)C(=O)Nc2c(C)cccc2C(C)C)c1. The van der Waals surface area contributed by atoms with Crippen LogP contribution in [-0.4, -0.2) is 12.0 Å². The van der Waals surface area contributed by atoms with Gasteiger partial charge in [-0.15, -0.1) is 0 Å². The van der Waals surface area contributed by atoms with Crippen LogP contribution in [0.2, 0.25) is 0 Å². The molecular formula is C21H27NO2. The maximum absolute atomic E-state index is 12.6. The second-order valence-corrected chi connectivity index (χ2v) is 6.77. The van der Waals surface area contributed by atoms with Crippen molar-refractivity contribution < 1.29 is 9.53 Å². The van der Waals surface area contributed by atoms with E-state index in [4.69, 9.17) is 4.74 Å². The highest BCUT2D eigenvalue weighted by atomic mass is 16.5. The molecule has 1 unspecified atom stereocenters. The lowest BCUT2D eigenvalue weighted by atomic mass is 9.98. The first kappa shape index (κ1) is 18.1. The molecule has 2 aromatic rings. The van der Waals surface area contributed by atoms with E-state index in [1.807, 2.05) is 45.0 Å². The number of nitrogens with one attached hydrogen (secondary N) is 1. The molecule has 0 aliphatic rings. The molecule has 0 aliphatic carbocycles. The quantitative estimate of drug-likeness (QED) is 0.826. The van der Waals surface area contributed by atoms with Crippen molar-refractivity contribution in [1.82, 2.24) is 0 Å². The van der Waals surface area contributed by atoms with Gasteiger partial charge >= 0.3 is 0 Å². The third kappa shape index (κ3) is 4.38. The molecule has 128 valence electrons. The van der Waals surface area contributed by atoms with Gasteiger partial charge in [0.15, 0.2) is 6.10 Å². The number of carbonyl (C=O) groups is 1. The predicted octanol–water partition coefficient (Wildman–Crippen LogP) is 5.14. The number of aryl methyl sites for hydroxylation is 3. The summed E-state index contributed by atoms with van der Waals surface area (Å²) in [6.07, 6.45) is -0.564. The molecule has 2 rings (SSSR count). The van der Waals surface area contributed by atoms with Crippen LogP contribution >= 0.6 is 0 Å². The lowest BCUT2D eigenvalue weighted by molar-refractivity contribution is -0.122. The van der Waals surface area contributed by atoms with Gasteiger partial charge in [-0.05, 0) is 68.0 Å². The van der Waals surface area contributed by atoms with Gasteiger partial charge in [-0.1, -0.05) is 38.1 Å².